The van der Waals surface area contributed by atoms with Crippen LogP contribution in [0.5, 0.6) is 0 Å². The number of rotatable bonds is 5. The summed E-state index contributed by atoms with van der Waals surface area (Å²) in [6.45, 7) is 6.44. The van der Waals surface area contributed by atoms with Crippen molar-refractivity contribution in [1.29, 1.82) is 0 Å². The monoisotopic (exact) mass is 419 g/mol. The lowest BCUT2D eigenvalue weighted by Gasteiger charge is -2.36. The van der Waals surface area contributed by atoms with Gasteiger partial charge in [-0.15, -0.1) is 0 Å². The average molecular weight is 419 g/mol. The van der Waals surface area contributed by atoms with Crippen LogP contribution < -0.4 is 15.4 Å². The van der Waals surface area contributed by atoms with Crippen molar-refractivity contribution < 1.29 is 4.74 Å². The van der Waals surface area contributed by atoms with Gasteiger partial charge in [-0.05, 0) is 31.2 Å². The fourth-order valence-electron chi connectivity index (χ4n) is 4.14. The predicted octanol–water partition coefficient (Wildman–Crippen LogP) is 1.72. The van der Waals surface area contributed by atoms with Gasteiger partial charge >= 0.3 is 0 Å². The first-order valence-electron chi connectivity index (χ1n) is 10.4. The minimum atomic E-state index is -0.0336. The molecule has 4 aromatic rings. The van der Waals surface area contributed by atoms with Gasteiger partial charge in [-0.3, -0.25) is 9.36 Å². The molecule has 0 radical (unpaired) electrons. The van der Waals surface area contributed by atoms with Crippen LogP contribution in [0.1, 0.15) is 5.69 Å². The molecule has 9 nitrogen and oxygen atoms in total. The van der Waals surface area contributed by atoms with E-state index in [4.69, 9.17) is 4.74 Å². The molecule has 0 atom stereocenters. The molecule has 1 aliphatic heterocycles. The van der Waals surface area contributed by atoms with Crippen LogP contribution in [-0.4, -0.2) is 64.0 Å². The molecule has 5 rings (SSSR count). The summed E-state index contributed by atoms with van der Waals surface area (Å²) in [5.41, 5.74) is 3.79. The number of methoxy groups -OCH3 is 1. The molecule has 0 spiro atoms. The van der Waals surface area contributed by atoms with Crippen LogP contribution in [0.3, 0.4) is 0 Å². The molecule has 160 valence electrons. The smallest absolute Gasteiger partial charge is 0.261 e. The van der Waals surface area contributed by atoms with E-state index >= 15 is 0 Å². The molecule has 3 aromatic heterocycles. The molecule has 9 heteroatoms. The minimum Gasteiger partial charge on any atom is -0.383 e. The van der Waals surface area contributed by atoms with Crippen LogP contribution >= 0.6 is 0 Å². The Morgan fingerprint density at radius 2 is 1.87 bits per heavy atom. The second-order valence-corrected chi connectivity index (χ2v) is 7.78. The van der Waals surface area contributed by atoms with Crippen LogP contribution in [0.25, 0.3) is 16.4 Å². The van der Waals surface area contributed by atoms with E-state index in [-0.39, 0.29) is 5.56 Å². The molecule has 4 heterocycles. The van der Waals surface area contributed by atoms with Crippen LogP contribution in [0.4, 0.5) is 11.5 Å². The molecule has 0 N–H and O–H groups in total. The number of hydrogen-bond acceptors (Lipinski definition) is 7. The normalized spacial score (nSPS) is 14.6. The van der Waals surface area contributed by atoms with E-state index in [1.165, 1.54) is 0 Å². The number of ether oxygens (including phenoxy) is 1. The van der Waals surface area contributed by atoms with Crippen LogP contribution in [0, 0.1) is 6.92 Å². The number of aromatic nitrogens is 5. The lowest BCUT2D eigenvalue weighted by molar-refractivity contribution is 0.186. The van der Waals surface area contributed by atoms with E-state index < -0.39 is 0 Å². The van der Waals surface area contributed by atoms with Crippen LogP contribution in [0.2, 0.25) is 0 Å². The highest BCUT2D eigenvalue weighted by Crippen LogP contribution is 2.24. The average Bonchev–Trinajstić information content (AvgIpc) is 3.19. The van der Waals surface area contributed by atoms with Gasteiger partial charge in [-0.2, -0.15) is 5.10 Å². The molecule has 0 saturated carbocycles. The molecular formula is C22H25N7O2. The van der Waals surface area contributed by atoms with E-state index in [9.17, 15) is 4.79 Å². The summed E-state index contributed by atoms with van der Waals surface area (Å²) >= 11 is 0. The fourth-order valence-corrected chi connectivity index (χ4v) is 4.14. The number of hydrogen-bond donors (Lipinski definition) is 0. The Bertz CT molecular complexity index is 1290. The first kappa shape index (κ1) is 19.5. The zero-order valence-corrected chi connectivity index (χ0v) is 17.7. The van der Waals surface area contributed by atoms with Gasteiger partial charge in [0.15, 0.2) is 5.82 Å². The summed E-state index contributed by atoms with van der Waals surface area (Å²) in [7, 11) is 1.62. The van der Waals surface area contributed by atoms with E-state index in [2.05, 4.69) is 30.9 Å². The number of benzene rings is 1. The van der Waals surface area contributed by atoms with Crippen molar-refractivity contribution in [3.05, 3.63) is 59.0 Å². The highest BCUT2D eigenvalue weighted by Gasteiger charge is 2.21. The Labute approximate surface area is 179 Å². The van der Waals surface area contributed by atoms with E-state index in [1.807, 2.05) is 35.8 Å². The zero-order valence-electron chi connectivity index (χ0n) is 17.7. The number of nitrogens with zero attached hydrogens (tertiary/aromatic N) is 7. The van der Waals surface area contributed by atoms with Gasteiger partial charge in [0.05, 0.1) is 36.1 Å². The van der Waals surface area contributed by atoms with Gasteiger partial charge in [0.25, 0.3) is 5.56 Å². The van der Waals surface area contributed by atoms with Gasteiger partial charge in [-0.25, -0.2) is 14.5 Å². The summed E-state index contributed by atoms with van der Waals surface area (Å²) in [6, 6.07) is 7.98. The van der Waals surface area contributed by atoms with Crippen molar-refractivity contribution in [3.8, 4) is 0 Å². The molecule has 0 aliphatic carbocycles. The lowest BCUT2D eigenvalue weighted by atomic mass is 10.2. The number of fused-ring (bicyclic) bond motifs is 2. The third-order valence-electron chi connectivity index (χ3n) is 5.78. The van der Waals surface area contributed by atoms with Gasteiger partial charge in [-0.1, -0.05) is 0 Å². The third-order valence-corrected chi connectivity index (χ3v) is 5.78. The van der Waals surface area contributed by atoms with Gasteiger partial charge in [0, 0.05) is 51.4 Å². The SMILES string of the molecule is COCCn1cnc2cc(N3CCN(c4nccn5nc(C)cc45)CC3)ccc2c1=O. The van der Waals surface area contributed by atoms with E-state index in [0.717, 1.165) is 54.4 Å². The summed E-state index contributed by atoms with van der Waals surface area (Å²) in [4.78, 5) is 26.4. The summed E-state index contributed by atoms with van der Waals surface area (Å²) < 4.78 is 8.55. The quantitative estimate of drug-likeness (QED) is 0.487. The van der Waals surface area contributed by atoms with Gasteiger partial charge in [0.2, 0.25) is 0 Å². The highest BCUT2D eigenvalue weighted by molar-refractivity contribution is 5.81. The van der Waals surface area contributed by atoms with Crippen molar-refractivity contribution >= 4 is 27.9 Å². The summed E-state index contributed by atoms with van der Waals surface area (Å²) in [5.74, 6) is 0.972. The molecule has 1 saturated heterocycles. The first-order valence-corrected chi connectivity index (χ1v) is 10.4. The minimum absolute atomic E-state index is 0.0336. The fraction of sp³-hybridized carbons (Fsp3) is 0.364. The van der Waals surface area contributed by atoms with E-state index in [1.54, 1.807) is 24.2 Å². The van der Waals surface area contributed by atoms with Gasteiger partial charge < -0.3 is 14.5 Å². The topological polar surface area (TPSA) is 80.8 Å². The number of anilines is 2. The largest absolute Gasteiger partial charge is 0.383 e. The van der Waals surface area contributed by atoms with Crippen LogP contribution in [0.15, 0.2) is 47.8 Å². The molecule has 0 amide bonds. The first-order chi connectivity index (χ1) is 15.1. The number of aryl methyl sites for hydroxylation is 1. The van der Waals surface area contributed by atoms with E-state index in [0.29, 0.717) is 18.5 Å². The van der Waals surface area contributed by atoms with Crippen LogP contribution in [-0.2, 0) is 11.3 Å². The predicted molar refractivity (Wildman–Crippen MR) is 120 cm³/mol. The Morgan fingerprint density at radius 1 is 1.06 bits per heavy atom. The van der Waals surface area contributed by atoms with Crippen molar-refractivity contribution in [3.63, 3.8) is 0 Å². The maximum Gasteiger partial charge on any atom is 0.261 e. The lowest BCUT2D eigenvalue weighted by Crippen LogP contribution is -2.47. The molecule has 1 fully saturated rings. The Kier molecular flexibility index (Phi) is 5.03. The second-order valence-electron chi connectivity index (χ2n) is 7.78. The standard InChI is InChI=1S/C22H25N7O2/c1-16-13-20-21(23-5-6-29(20)25-16)27-9-7-26(8-10-27)17-3-4-18-19(14-17)24-15-28(22(18)30)11-12-31-2/h3-6,13-15H,7-12H2,1-2H3. The van der Waals surface area contributed by atoms with Crippen molar-refractivity contribution in [2.75, 3.05) is 49.7 Å². The molecule has 1 aromatic carbocycles. The van der Waals surface area contributed by atoms with Gasteiger partial charge in [0.1, 0.15) is 5.52 Å². The molecule has 1 aliphatic rings. The molecule has 31 heavy (non-hydrogen) atoms. The van der Waals surface area contributed by atoms with Crippen molar-refractivity contribution in [2.24, 2.45) is 0 Å². The maximum absolute atomic E-state index is 12.7. The van der Waals surface area contributed by atoms with Crippen molar-refractivity contribution in [2.45, 2.75) is 13.5 Å². The third kappa shape index (κ3) is 3.61. The Balaban J connectivity index is 1.34. The van der Waals surface area contributed by atoms with Crippen molar-refractivity contribution in [1.82, 2.24) is 24.1 Å². The Hall–Kier alpha value is -3.46. The summed E-state index contributed by atoms with van der Waals surface area (Å²) in [5, 5.41) is 5.12. The molecule has 0 bridgehead atoms. The maximum atomic E-state index is 12.7. The molecular weight excluding hydrogens is 394 g/mol. The molecule has 0 unspecified atom stereocenters. The second kappa shape index (κ2) is 7.99. The zero-order chi connectivity index (χ0) is 21.4. The highest BCUT2D eigenvalue weighted by atomic mass is 16.5. The number of piperazine rings is 1. The Morgan fingerprint density at radius 3 is 2.68 bits per heavy atom. The summed E-state index contributed by atoms with van der Waals surface area (Å²) in [6.07, 6.45) is 5.29.